The molecule has 0 unspecified atom stereocenters. The molecule has 0 spiro atoms. The number of furan rings is 1. The Morgan fingerprint density at radius 2 is 1.88 bits per heavy atom. The first-order chi connectivity index (χ1) is 7.18. The van der Waals surface area contributed by atoms with Crippen LogP contribution in [0.4, 0.5) is 0 Å². The number of hydrogen-bond donors (Lipinski definition) is 1. The van der Waals surface area contributed by atoms with Gasteiger partial charge in [0.05, 0.1) is 6.04 Å². The van der Waals surface area contributed by atoms with Crippen LogP contribution in [0.3, 0.4) is 0 Å². The number of aryl methyl sites for hydroxylation is 2. The molecule has 1 aliphatic rings. The molecule has 1 saturated carbocycles. The van der Waals surface area contributed by atoms with Crippen molar-refractivity contribution in [2.75, 3.05) is 0 Å². The van der Waals surface area contributed by atoms with Crippen LogP contribution in [0.2, 0.25) is 0 Å². The van der Waals surface area contributed by atoms with Crippen LogP contribution in [-0.2, 0) is 0 Å². The normalized spacial score (nSPS) is 19.2. The van der Waals surface area contributed by atoms with E-state index in [1.165, 1.54) is 37.7 Å². The van der Waals surface area contributed by atoms with Crippen LogP contribution in [0, 0.1) is 19.8 Å². The van der Waals surface area contributed by atoms with Crippen LogP contribution in [0.25, 0.3) is 0 Å². The fraction of sp³-hybridized carbons (Fsp3) is 0.692. The molecule has 1 heterocycles. The fourth-order valence-electron chi connectivity index (χ4n) is 2.49. The van der Waals surface area contributed by atoms with Crippen molar-refractivity contribution in [3.63, 3.8) is 0 Å². The summed E-state index contributed by atoms with van der Waals surface area (Å²) in [5, 5.41) is 0. The first kappa shape index (κ1) is 13.6. The highest BCUT2D eigenvalue weighted by atomic mass is 35.5. The molecular formula is C13H22ClNO. The molecule has 1 aliphatic carbocycles. The summed E-state index contributed by atoms with van der Waals surface area (Å²) in [6.07, 6.45) is 6.56. The summed E-state index contributed by atoms with van der Waals surface area (Å²) < 4.78 is 5.70. The topological polar surface area (TPSA) is 39.2 Å². The minimum Gasteiger partial charge on any atom is -0.464 e. The summed E-state index contributed by atoms with van der Waals surface area (Å²) in [6.45, 7) is 4.09. The molecule has 0 saturated heterocycles. The van der Waals surface area contributed by atoms with E-state index in [4.69, 9.17) is 10.2 Å². The molecule has 0 amide bonds. The van der Waals surface area contributed by atoms with Crippen LogP contribution in [0.15, 0.2) is 10.5 Å². The Bertz CT molecular complexity index is 309. The monoisotopic (exact) mass is 243 g/mol. The van der Waals surface area contributed by atoms with Gasteiger partial charge in [0.2, 0.25) is 0 Å². The van der Waals surface area contributed by atoms with Gasteiger partial charge in [-0.3, -0.25) is 0 Å². The van der Waals surface area contributed by atoms with Gasteiger partial charge in [-0.15, -0.1) is 12.4 Å². The zero-order valence-corrected chi connectivity index (χ0v) is 11.0. The lowest BCUT2D eigenvalue weighted by Crippen LogP contribution is -2.23. The van der Waals surface area contributed by atoms with Crippen molar-refractivity contribution in [2.24, 2.45) is 11.7 Å². The molecular weight excluding hydrogens is 222 g/mol. The summed E-state index contributed by atoms with van der Waals surface area (Å²) in [5.74, 6) is 2.62. The average Bonchev–Trinajstić information content (AvgIpc) is 2.59. The van der Waals surface area contributed by atoms with Crippen LogP contribution in [-0.4, -0.2) is 0 Å². The Kier molecular flexibility index (Phi) is 4.88. The first-order valence-electron chi connectivity index (χ1n) is 6.01. The third-order valence-electron chi connectivity index (χ3n) is 3.67. The maximum absolute atomic E-state index is 6.26. The Hall–Kier alpha value is -0.470. The number of nitrogens with two attached hydrogens (primary N) is 1. The summed E-state index contributed by atoms with van der Waals surface area (Å²) >= 11 is 0. The van der Waals surface area contributed by atoms with Gasteiger partial charge in [0.15, 0.2) is 0 Å². The van der Waals surface area contributed by atoms with Crippen molar-refractivity contribution in [1.29, 1.82) is 0 Å². The van der Waals surface area contributed by atoms with Crippen LogP contribution >= 0.6 is 12.4 Å². The van der Waals surface area contributed by atoms with Gasteiger partial charge in [-0.2, -0.15) is 0 Å². The highest BCUT2D eigenvalue weighted by Gasteiger charge is 2.24. The Balaban J connectivity index is 0.00000128. The van der Waals surface area contributed by atoms with E-state index in [-0.39, 0.29) is 18.4 Å². The molecule has 3 heteroatoms. The molecule has 2 N–H and O–H groups in total. The van der Waals surface area contributed by atoms with Crippen LogP contribution in [0.1, 0.15) is 55.2 Å². The lowest BCUT2D eigenvalue weighted by atomic mass is 9.83. The van der Waals surface area contributed by atoms with Crippen molar-refractivity contribution in [3.8, 4) is 0 Å². The quantitative estimate of drug-likeness (QED) is 0.856. The van der Waals surface area contributed by atoms with Gasteiger partial charge < -0.3 is 10.2 Å². The number of hydrogen-bond acceptors (Lipinski definition) is 2. The largest absolute Gasteiger partial charge is 0.464 e. The second kappa shape index (κ2) is 5.74. The summed E-state index contributed by atoms with van der Waals surface area (Å²) in [7, 11) is 0. The maximum atomic E-state index is 6.26. The van der Waals surface area contributed by atoms with E-state index >= 15 is 0 Å². The van der Waals surface area contributed by atoms with Crippen molar-refractivity contribution in [1.82, 2.24) is 0 Å². The Morgan fingerprint density at radius 1 is 1.25 bits per heavy atom. The minimum atomic E-state index is 0. The molecule has 0 radical (unpaired) electrons. The van der Waals surface area contributed by atoms with E-state index < -0.39 is 0 Å². The zero-order chi connectivity index (χ0) is 10.8. The molecule has 0 aromatic carbocycles. The average molecular weight is 244 g/mol. The van der Waals surface area contributed by atoms with Crippen LogP contribution < -0.4 is 5.73 Å². The minimum absolute atomic E-state index is 0. The van der Waals surface area contributed by atoms with Gasteiger partial charge in [-0.1, -0.05) is 19.3 Å². The SMILES string of the molecule is Cc1cc([C@@H](N)C2CCCCC2)oc1C.Cl. The van der Waals surface area contributed by atoms with Crippen molar-refractivity contribution >= 4 is 12.4 Å². The van der Waals surface area contributed by atoms with E-state index in [1.807, 2.05) is 6.92 Å². The fourth-order valence-corrected chi connectivity index (χ4v) is 2.49. The second-order valence-electron chi connectivity index (χ2n) is 4.81. The predicted molar refractivity (Wildman–Crippen MR) is 68.9 cm³/mol. The van der Waals surface area contributed by atoms with E-state index in [9.17, 15) is 0 Å². The molecule has 2 rings (SSSR count). The molecule has 1 fully saturated rings. The van der Waals surface area contributed by atoms with Crippen molar-refractivity contribution < 1.29 is 4.42 Å². The smallest absolute Gasteiger partial charge is 0.121 e. The molecule has 1 atom stereocenters. The van der Waals surface area contributed by atoms with E-state index in [0.717, 1.165) is 11.5 Å². The molecule has 16 heavy (non-hydrogen) atoms. The molecule has 92 valence electrons. The van der Waals surface area contributed by atoms with E-state index in [0.29, 0.717) is 5.92 Å². The standard InChI is InChI=1S/C13H21NO.ClH/c1-9-8-12(15-10(9)2)13(14)11-6-4-3-5-7-11;/h8,11,13H,3-7,14H2,1-2H3;1H/t13-;/m0./s1. The van der Waals surface area contributed by atoms with Gasteiger partial charge >= 0.3 is 0 Å². The molecule has 1 aromatic rings. The van der Waals surface area contributed by atoms with Gasteiger partial charge in [0.25, 0.3) is 0 Å². The summed E-state index contributed by atoms with van der Waals surface area (Å²) in [5.41, 5.74) is 7.48. The Labute approximate surface area is 104 Å². The van der Waals surface area contributed by atoms with Crippen molar-refractivity contribution in [3.05, 3.63) is 23.2 Å². The third kappa shape index (κ3) is 2.80. The molecule has 0 aliphatic heterocycles. The molecule has 1 aromatic heterocycles. The van der Waals surface area contributed by atoms with E-state index in [2.05, 4.69) is 13.0 Å². The lowest BCUT2D eigenvalue weighted by Gasteiger charge is -2.26. The third-order valence-corrected chi connectivity index (χ3v) is 3.67. The Morgan fingerprint density at radius 3 is 2.38 bits per heavy atom. The highest BCUT2D eigenvalue weighted by Crippen LogP contribution is 2.34. The first-order valence-corrected chi connectivity index (χ1v) is 6.01. The van der Waals surface area contributed by atoms with Gasteiger partial charge in [0.1, 0.15) is 11.5 Å². The molecule has 2 nitrogen and oxygen atoms in total. The maximum Gasteiger partial charge on any atom is 0.121 e. The van der Waals surface area contributed by atoms with Gasteiger partial charge in [0, 0.05) is 0 Å². The van der Waals surface area contributed by atoms with Crippen molar-refractivity contribution in [2.45, 2.75) is 52.0 Å². The van der Waals surface area contributed by atoms with Gasteiger partial charge in [-0.25, -0.2) is 0 Å². The second-order valence-corrected chi connectivity index (χ2v) is 4.81. The zero-order valence-electron chi connectivity index (χ0n) is 10.2. The van der Waals surface area contributed by atoms with E-state index in [1.54, 1.807) is 0 Å². The number of halogens is 1. The highest BCUT2D eigenvalue weighted by molar-refractivity contribution is 5.85. The summed E-state index contributed by atoms with van der Waals surface area (Å²) in [4.78, 5) is 0. The summed E-state index contributed by atoms with van der Waals surface area (Å²) in [6, 6.07) is 2.21. The number of rotatable bonds is 2. The lowest BCUT2D eigenvalue weighted by molar-refractivity contribution is 0.278. The van der Waals surface area contributed by atoms with Gasteiger partial charge in [-0.05, 0) is 44.2 Å². The van der Waals surface area contributed by atoms with Crippen LogP contribution in [0.5, 0.6) is 0 Å². The predicted octanol–water partition coefficient (Wildman–Crippen LogP) is 3.90. The molecule has 0 bridgehead atoms.